The standard InChI is InChI=1S/C20H19N3O3/c1-14(24)15-8-10-16(11-9-15)22-19(25)7-4-12-23-13-21-18-6-3-2-5-17(18)20(23)26/h2-3,5-6,8-11,13H,4,7,12H2,1H3,(H,22,25). The van der Waals surface area contributed by atoms with Crippen molar-refractivity contribution < 1.29 is 9.59 Å². The highest BCUT2D eigenvalue weighted by molar-refractivity contribution is 5.95. The zero-order valence-electron chi connectivity index (χ0n) is 14.4. The molecule has 6 heteroatoms. The number of rotatable bonds is 6. The van der Waals surface area contributed by atoms with Gasteiger partial charge in [-0.2, -0.15) is 0 Å². The lowest BCUT2D eigenvalue weighted by molar-refractivity contribution is -0.116. The predicted octanol–water partition coefficient (Wildman–Crippen LogP) is 3.02. The van der Waals surface area contributed by atoms with E-state index in [0.717, 1.165) is 0 Å². The van der Waals surface area contributed by atoms with E-state index in [1.165, 1.54) is 17.8 Å². The van der Waals surface area contributed by atoms with Crippen LogP contribution in [0.15, 0.2) is 59.7 Å². The number of carbonyl (C=O) groups excluding carboxylic acids is 2. The lowest BCUT2D eigenvalue weighted by atomic mass is 10.1. The third kappa shape index (κ3) is 4.03. The van der Waals surface area contributed by atoms with Crippen LogP contribution in [-0.4, -0.2) is 21.2 Å². The van der Waals surface area contributed by atoms with Gasteiger partial charge in [0.2, 0.25) is 5.91 Å². The number of para-hydroxylation sites is 1. The van der Waals surface area contributed by atoms with Gasteiger partial charge in [-0.25, -0.2) is 4.98 Å². The maximum Gasteiger partial charge on any atom is 0.261 e. The Morgan fingerprint density at radius 2 is 1.81 bits per heavy atom. The monoisotopic (exact) mass is 349 g/mol. The summed E-state index contributed by atoms with van der Waals surface area (Å²) in [6.07, 6.45) is 2.33. The number of Topliss-reactive ketones (excluding diaryl/α,β-unsaturated/α-hetero) is 1. The Hall–Kier alpha value is -3.28. The van der Waals surface area contributed by atoms with Crippen molar-refractivity contribution in [2.75, 3.05) is 5.32 Å². The van der Waals surface area contributed by atoms with Crippen LogP contribution in [0, 0.1) is 0 Å². The van der Waals surface area contributed by atoms with Crippen LogP contribution in [0.1, 0.15) is 30.1 Å². The van der Waals surface area contributed by atoms with Gasteiger partial charge in [-0.3, -0.25) is 19.0 Å². The molecule has 132 valence electrons. The van der Waals surface area contributed by atoms with Crippen molar-refractivity contribution in [2.45, 2.75) is 26.3 Å². The number of amides is 1. The number of aromatic nitrogens is 2. The van der Waals surface area contributed by atoms with Gasteiger partial charge in [-0.1, -0.05) is 12.1 Å². The molecule has 3 aromatic rings. The fourth-order valence-electron chi connectivity index (χ4n) is 2.69. The summed E-state index contributed by atoms with van der Waals surface area (Å²) in [4.78, 5) is 39.9. The average Bonchev–Trinajstić information content (AvgIpc) is 2.64. The normalized spacial score (nSPS) is 10.7. The summed E-state index contributed by atoms with van der Waals surface area (Å²) in [6.45, 7) is 1.92. The highest BCUT2D eigenvalue weighted by atomic mass is 16.1. The molecule has 0 aliphatic heterocycles. The Morgan fingerprint density at radius 3 is 2.54 bits per heavy atom. The lowest BCUT2D eigenvalue weighted by Gasteiger charge is -2.08. The van der Waals surface area contributed by atoms with Crippen molar-refractivity contribution >= 4 is 28.3 Å². The van der Waals surface area contributed by atoms with Gasteiger partial charge in [0.05, 0.1) is 17.2 Å². The molecule has 6 nitrogen and oxygen atoms in total. The molecule has 0 radical (unpaired) electrons. The molecule has 0 unspecified atom stereocenters. The lowest BCUT2D eigenvalue weighted by Crippen LogP contribution is -2.21. The molecule has 1 heterocycles. The van der Waals surface area contributed by atoms with E-state index in [2.05, 4.69) is 10.3 Å². The molecule has 26 heavy (non-hydrogen) atoms. The van der Waals surface area contributed by atoms with Crippen LogP contribution >= 0.6 is 0 Å². The first-order valence-electron chi connectivity index (χ1n) is 8.39. The van der Waals surface area contributed by atoms with E-state index in [-0.39, 0.29) is 23.7 Å². The number of ketones is 1. The summed E-state index contributed by atoms with van der Waals surface area (Å²) in [7, 11) is 0. The number of fused-ring (bicyclic) bond motifs is 1. The molecule has 1 aromatic heterocycles. The molecular weight excluding hydrogens is 330 g/mol. The van der Waals surface area contributed by atoms with Gasteiger partial charge in [0.1, 0.15) is 0 Å². The van der Waals surface area contributed by atoms with Gasteiger partial charge in [-0.15, -0.1) is 0 Å². The second-order valence-corrected chi connectivity index (χ2v) is 6.05. The topological polar surface area (TPSA) is 81.1 Å². The molecule has 0 saturated heterocycles. The van der Waals surface area contributed by atoms with Crippen LogP contribution in [0.5, 0.6) is 0 Å². The van der Waals surface area contributed by atoms with Gasteiger partial charge < -0.3 is 5.32 Å². The molecule has 0 fully saturated rings. The second-order valence-electron chi connectivity index (χ2n) is 6.05. The third-order valence-electron chi connectivity index (χ3n) is 4.11. The van der Waals surface area contributed by atoms with E-state index in [9.17, 15) is 14.4 Å². The van der Waals surface area contributed by atoms with E-state index in [1.807, 2.05) is 6.07 Å². The van der Waals surface area contributed by atoms with Crippen molar-refractivity contribution in [3.63, 3.8) is 0 Å². The minimum Gasteiger partial charge on any atom is -0.326 e. The second kappa shape index (κ2) is 7.74. The van der Waals surface area contributed by atoms with Crippen molar-refractivity contribution in [1.82, 2.24) is 9.55 Å². The first-order chi connectivity index (χ1) is 12.5. The summed E-state index contributed by atoms with van der Waals surface area (Å²) in [6, 6.07) is 14.0. The molecule has 0 aliphatic carbocycles. The van der Waals surface area contributed by atoms with Gasteiger partial charge in [0.15, 0.2) is 5.78 Å². The smallest absolute Gasteiger partial charge is 0.261 e. The highest BCUT2D eigenvalue weighted by Crippen LogP contribution is 2.11. The molecule has 0 spiro atoms. The summed E-state index contributed by atoms with van der Waals surface area (Å²) >= 11 is 0. The molecule has 2 aromatic carbocycles. The fourth-order valence-corrected chi connectivity index (χ4v) is 2.69. The third-order valence-corrected chi connectivity index (χ3v) is 4.11. The van der Waals surface area contributed by atoms with E-state index >= 15 is 0 Å². The summed E-state index contributed by atoms with van der Waals surface area (Å²) in [5.74, 6) is -0.153. The SMILES string of the molecule is CC(=O)c1ccc(NC(=O)CCCn2cnc3ccccc3c2=O)cc1. The quantitative estimate of drug-likeness (QED) is 0.694. The summed E-state index contributed by atoms with van der Waals surface area (Å²) in [5, 5.41) is 3.36. The van der Waals surface area contributed by atoms with E-state index in [0.29, 0.717) is 35.1 Å². The number of hydrogen-bond acceptors (Lipinski definition) is 4. The molecule has 1 amide bonds. The Balaban J connectivity index is 1.56. The first-order valence-corrected chi connectivity index (χ1v) is 8.39. The van der Waals surface area contributed by atoms with Crippen LogP contribution in [0.25, 0.3) is 10.9 Å². The predicted molar refractivity (Wildman–Crippen MR) is 100 cm³/mol. The number of anilines is 1. The van der Waals surface area contributed by atoms with Gasteiger partial charge in [0, 0.05) is 24.2 Å². The number of nitrogens with one attached hydrogen (secondary N) is 1. The number of carbonyl (C=O) groups is 2. The largest absolute Gasteiger partial charge is 0.326 e. The van der Waals surface area contributed by atoms with Crippen molar-refractivity contribution in [3.05, 3.63) is 70.8 Å². The van der Waals surface area contributed by atoms with Crippen LogP contribution in [0.3, 0.4) is 0 Å². The van der Waals surface area contributed by atoms with Crippen LogP contribution in [0.4, 0.5) is 5.69 Å². The number of aryl methyl sites for hydroxylation is 1. The van der Waals surface area contributed by atoms with E-state index in [4.69, 9.17) is 0 Å². The minimum absolute atomic E-state index is 0.0164. The maximum atomic E-state index is 12.4. The summed E-state index contributed by atoms with van der Waals surface area (Å²) < 4.78 is 1.53. The van der Waals surface area contributed by atoms with Crippen LogP contribution in [-0.2, 0) is 11.3 Å². The maximum absolute atomic E-state index is 12.4. The average molecular weight is 349 g/mol. The highest BCUT2D eigenvalue weighted by Gasteiger charge is 2.06. The van der Waals surface area contributed by atoms with Gasteiger partial charge in [-0.05, 0) is 49.7 Å². The zero-order chi connectivity index (χ0) is 18.5. The molecule has 0 saturated carbocycles. The van der Waals surface area contributed by atoms with Crippen LogP contribution < -0.4 is 10.9 Å². The van der Waals surface area contributed by atoms with Gasteiger partial charge >= 0.3 is 0 Å². The molecule has 3 rings (SSSR count). The summed E-state index contributed by atoms with van der Waals surface area (Å²) in [5.41, 5.74) is 1.81. The molecule has 0 atom stereocenters. The number of nitrogens with zero attached hydrogens (tertiary/aromatic N) is 2. The Morgan fingerprint density at radius 1 is 1.08 bits per heavy atom. The number of hydrogen-bond donors (Lipinski definition) is 1. The zero-order valence-corrected chi connectivity index (χ0v) is 14.4. The molecule has 1 N–H and O–H groups in total. The van der Waals surface area contributed by atoms with Gasteiger partial charge in [0.25, 0.3) is 5.56 Å². The Bertz CT molecular complexity index is 1010. The van der Waals surface area contributed by atoms with Crippen molar-refractivity contribution in [1.29, 1.82) is 0 Å². The Kier molecular flexibility index (Phi) is 5.22. The van der Waals surface area contributed by atoms with Crippen LogP contribution in [0.2, 0.25) is 0 Å². The van der Waals surface area contributed by atoms with Crippen molar-refractivity contribution in [2.24, 2.45) is 0 Å². The molecule has 0 bridgehead atoms. The molecule has 0 aliphatic rings. The minimum atomic E-state index is -0.137. The molecular formula is C20H19N3O3. The van der Waals surface area contributed by atoms with E-state index in [1.54, 1.807) is 42.5 Å². The fraction of sp³-hybridized carbons (Fsp3) is 0.200. The first kappa shape index (κ1) is 17.5. The Labute approximate surface area is 150 Å². The number of benzene rings is 2. The van der Waals surface area contributed by atoms with E-state index < -0.39 is 0 Å². The van der Waals surface area contributed by atoms with Crippen molar-refractivity contribution in [3.8, 4) is 0 Å².